The molecule has 0 spiro atoms. The minimum atomic E-state index is -0.733. The van der Waals surface area contributed by atoms with E-state index in [1.165, 1.54) is 0 Å². The van der Waals surface area contributed by atoms with Crippen LogP contribution in [0.4, 0.5) is 4.79 Å². The first-order valence-corrected chi connectivity index (χ1v) is 7.34. The molecule has 116 valence electrons. The third-order valence-electron chi connectivity index (χ3n) is 2.74. The quantitative estimate of drug-likeness (QED) is 0.869. The van der Waals surface area contributed by atoms with Gasteiger partial charge in [-0.25, -0.2) is 4.79 Å². The summed E-state index contributed by atoms with van der Waals surface area (Å²) < 4.78 is 4.65. The summed E-state index contributed by atoms with van der Waals surface area (Å²) in [5, 5.41) is 3.27. The zero-order valence-electron chi connectivity index (χ0n) is 12.0. The van der Waals surface area contributed by atoms with E-state index < -0.39 is 12.0 Å². The van der Waals surface area contributed by atoms with E-state index in [1.54, 1.807) is 19.1 Å². The van der Waals surface area contributed by atoms with Gasteiger partial charge in [0.25, 0.3) is 0 Å². The molecule has 0 saturated carbocycles. The lowest BCUT2D eigenvalue weighted by molar-refractivity contribution is -0.121. The van der Waals surface area contributed by atoms with E-state index in [0.717, 1.165) is 5.56 Å². The molecule has 0 radical (unpaired) electrons. The van der Waals surface area contributed by atoms with Gasteiger partial charge in [-0.3, -0.25) is 15.0 Å². The van der Waals surface area contributed by atoms with Crippen molar-refractivity contribution in [2.45, 2.75) is 20.4 Å². The number of halogens is 2. The molecule has 1 N–H and O–H groups in total. The van der Waals surface area contributed by atoms with Gasteiger partial charge in [0.2, 0.25) is 5.91 Å². The fraction of sp³-hybridized carbons (Fsp3) is 0.429. The van der Waals surface area contributed by atoms with Gasteiger partial charge in [-0.05, 0) is 31.2 Å². The molecule has 0 bridgehead atoms. The van der Waals surface area contributed by atoms with E-state index in [4.69, 9.17) is 23.2 Å². The van der Waals surface area contributed by atoms with Gasteiger partial charge in [-0.15, -0.1) is 0 Å². The number of nitrogens with zero attached hydrogens (tertiary/aromatic N) is 1. The smallest absolute Gasteiger partial charge is 0.413 e. The van der Waals surface area contributed by atoms with Crippen LogP contribution < -0.4 is 5.32 Å². The molecule has 0 aliphatic heterocycles. The SMILES string of the molecule is CCOC(=O)NC(=O)CN(CC)Cc1ccc(Cl)cc1Cl. The number of benzene rings is 1. The number of hydrogen-bond acceptors (Lipinski definition) is 4. The molecule has 0 aliphatic rings. The Morgan fingerprint density at radius 1 is 1.29 bits per heavy atom. The number of likely N-dealkylation sites (N-methyl/N-ethyl adjacent to an activating group) is 1. The Morgan fingerprint density at radius 2 is 2.00 bits per heavy atom. The zero-order chi connectivity index (χ0) is 15.8. The van der Waals surface area contributed by atoms with Crippen molar-refractivity contribution in [2.75, 3.05) is 19.7 Å². The van der Waals surface area contributed by atoms with E-state index in [9.17, 15) is 9.59 Å². The van der Waals surface area contributed by atoms with Gasteiger partial charge in [0, 0.05) is 16.6 Å². The summed E-state index contributed by atoms with van der Waals surface area (Å²) >= 11 is 12.0. The van der Waals surface area contributed by atoms with Crippen molar-refractivity contribution in [1.82, 2.24) is 10.2 Å². The number of rotatable bonds is 6. The highest BCUT2D eigenvalue weighted by molar-refractivity contribution is 6.35. The molecule has 1 rings (SSSR count). The average molecular weight is 333 g/mol. The molecule has 0 unspecified atom stereocenters. The van der Waals surface area contributed by atoms with Crippen LogP contribution in [0, 0.1) is 0 Å². The largest absolute Gasteiger partial charge is 0.450 e. The molecule has 0 aromatic heterocycles. The number of carbonyl (C=O) groups excluding carboxylic acids is 2. The topological polar surface area (TPSA) is 58.6 Å². The minimum absolute atomic E-state index is 0.0776. The Balaban J connectivity index is 2.58. The van der Waals surface area contributed by atoms with Crippen LogP contribution in [0.5, 0.6) is 0 Å². The van der Waals surface area contributed by atoms with Crippen LogP contribution in [0.1, 0.15) is 19.4 Å². The second-order valence-electron chi connectivity index (χ2n) is 4.31. The van der Waals surface area contributed by atoms with Gasteiger partial charge in [0.15, 0.2) is 0 Å². The minimum Gasteiger partial charge on any atom is -0.450 e. The fourth-order valence-electron chi connectivity index (χ4n) is 1.69. The molecular formula is C14H18Cl2N2O3. The molecule has 0 fully saturated rings. The third-order valence-corrected chi connectivity index (χ3v) is 3.33. The molecule has 2 amide bonds. The maximum Gasteiger partial charge on any atom is 0.413 e. The van der Waals surface area contributed by atoms with Crippen LogP contribution in [0.15, 0.2) is 18.2 Å². The predicted octanol–water partition coefficient (Wildman–Crippen LogP) is 3.09. The zero-order valence-corrected chi connectivity index (χ0v) is 13.5. The first-order chi connectivity index (χ1) is 9.96. The van der Waals surface area contributed by atoms with Crippen LogP contribution in [0.25, 0.3) is 0 Å². The highest BCUT2D eigenvalue weighted by atomic mass is 35.5. The molecule has 21 heavy (non-hydrogen) atoms. The van der Waals surface area contributed by atoms with Crippen LogP contribution >= 0.6 is 23.2 Å². The molecule has 0 atom stereocenters. The van der Waals surface area contributed by atoms with Crippen molar-refractivity contribution in [2.24, 2.45) is 0 Å². The van der Waals surface area contributed by atoms with E-state index in [2.05, 4.69) is 10.1 Å². The number of ether oxygens (including phenoxy) is 1. The number of nitrogens with one attached hydrogen (secondary N) is 1. The van der Waals surface area contributed by atoms with Gasteiger partial charge in [-0.2, -0.15) is 0 Å². The first kappa shape index (κ1) is 17.8. The Bertz CT molecular complexity index is 509. The van der Waals surface area contributed by atoms with E-state index in [1.807, 2.05) is 17.9 Å². The Hall–Kier alpha value is -1.30. The van der Waals surface area contributed by atoms with Crippen LogP contribution in [0.3, 0.4) is 0 Å². The lowest BCUT2D eigenvalue weighted by Gasteiger charge is -2.20. The Kier molecular flexibility index (Phi) is 7.50. The number of alkyl carbamates (subject to hydrolysis) is 1. The van der Waals surface area contributed by atoms with Gasteiger partial charge in [0.05, 0.1) is 13.2 Å². The van der Waals surface area contributed by atoms with E-state index >= 15 is 0 Å². The fourth-order valence-corrected chi connectivity index (χ4v) is 2.16. The predicted molar refractivity (Wildman–Crippen MR) is 82.6 cm³/mol. The lowest BCUT2D eigenvalue weighted by atomic mass is 10.2. The normalized spacial score (nSPS) is 10.5. The lowest BCUT2D eigenvalue weighted by Crippen LogP contribution is -2.40. The molecule has 1 aromatic rings. The van der Waals surface area contributed by atoms with Crippen molar-refractivity contribution in [1.29, 1.82) is 0 Å². The summed E-state index contributed by atoms with van der Waals surface area (Å²) in [5.41, 5.74) is 0.867. The highest BCUT2D eigenvalue weighted by Gasteiger charge is 2.14. The number of imide groups is 1. The second kappa shape index (κ2) is 8.87. The van der Waals surface area contributed by atoms with Crippen molar-refractivity contribution >= 4 is 35.2 Å². The summed E-state index contributed by atoms with van der Waals surface area (Å²) in [5.74, 6) is -0.416. The van der Waals surface area contributed by atoms with Crippen LogP contribution in [-0.4, -0.2) is 36.6 Å². The summed E-state index contributed by atoms with van der Waals surface area (Å²) in [6, 6.07) is 5.22. The van der Waals surface area contributed by atoms with Crippen molar-refractivity contribution < 1.29 is 14.3 Å². The van der Waals surface area contributed by atoms with Crippen LogP contribution in [0.2, 0.25) is 10.0 Å². The van der Waals surface area contributed by atoms with Gasteiger partial charge >= 0.3 is 6.09 Å². The first-order valence-electron chi connectivity index (χ1n) is 6.59. The molecule has 1 aromatic carbocycles. The number of hydrogen-bond donors (Lipinski definition) is 1. The van der Waals surface area contributed by atoms with Crippen molar-refractivity contribution in [3.63, 3.8) is 0 Å². The number of carbonyl (C=O) groups is 2. The molecule has 7 heteroatoms. The summed E-state index contributed by atoms with van der Waals surface area (Å²) in [4.78, 5) is 24.7. The number of amides is 2. The van der Waals surface area contributed by atoms with E-state index in [0.29, 0.717) is 23.1 Å². The molecule has 0 saturated heterocycles. The van der Waals surface area contributed by atoms with E-state index in [-0.39, 0.29) is 13.2 Å². The summed E-state index contributed by atoms with van der Waals surface area (Å²) in [6.45, 7) is 5.01. The Morgan fingerprint density at radius 3 is 2.57 bits per heavy atom. The van der Waals surface area contributed by atoms with Crippen LogP contribution in [-0.2, 0) is 16.1 Å². The third kappa shape index (κ3) is 6.33. The summed E-state index contributed by atoms with van der Waals surface area (Å²) in [6.07, 6.45) is -0.733. The standard InChI is InChI=1S/C14H18Cl2N2O3/c1-3-18(9-13(19)17-14(20)21-4-2)8-10-5-6-11(15)7-12(10)16/h5-7H,3-4,8-9H2,1-2H3,(H,17,19,20). The van der Waals surface area contributed by atoms with Gasteiger partial charge in [-0.1, -0.05) is 36.2 Å². The molecular weight excluding hydrogens is 315 g/mol. The summed E-state index contributed by atoms with van der Waals surface area (Å²) in [7, 11) is 0. The average Bonchev–Trinajstić information content (AvgIpc) is 2.40. The Labute approximate surface area is 134 Å². The highest BCUT2D eigenvalue weighted by Crippen LogP contribution is 2.22. The molecule has 5 nitrogen and oxygen atoms in total. The monoisotopic (exact) mass is 332 g/mol. The van der Waals surface area contributed by atoms with Gasteiger partial charge < -0.3 is 4.74 Å². The van der Waals surface area contributed by atoms with Gasteiger partial charge in [0.1, 0.15) is 0 Å². The van der Waals surface area contributed by atoms with Crippen molar-refractivity contribution in [3.8, 4) is 0 Å². The molecule has 0 heterocycles. The molecule has 0 aliphatic carbocycles. The van der Waals surface area contributed by atoms with Crippen molar-refractivity contribution in [3.05, 3.63) is 33.8 Å². The maximum absolute atomic E-state index is 11.7. The second-order valence-corrected chi connectivity index (χ2v) is 5.15. The maximum atomic E-state index is 11.7.